The van der Waals surface area contributed by atoms with E-state index in [1.165, 1.54) is 11.3 Å². The first-order valence-electron chi connectivity index (χ1n) is 6.28. The molecule has 0 aliphatic heterocycles. The van der Waals surface area contributed by atoms with Crippen molar-refractivity contribution in [1.82, 2.24) is 9.88 Å². The second-order valence-corrected chi connectivity index (χ2v) is 5.44. The third kappa shape index (κ3) is 3.55. The molecule has 0 radical (unpaired) electrons. The average molecular weight is 291 g/mol. The topological polar surface area (TPSA) is 79.5 Å². The molecule has 106 valence electrons. The Morgan fingerprint density at radius 2 is 2.10 bits per heavy atom. The van der Waals surface area contributed by atoms with E-state index in [4.69, 9.17) is 5.73 Å². The van der Waals surface area contributed by atoms with Crippen LogP contribution in [0.1, 0.15) is 21.1 Å². The Labute approximate surface area is 121 Å². The van der Waals surface area contributed by atoms with Crippen molar-refractivity contribution in [2.24, 2.45) is 5.73 Å². The van der Waals surface area contributed by atoms with Crippen LogP contribution in [-0.2, 0) is 13.0 Å². The zero-order chi connectivity index (χ0) is 14.5. The smallest absolute Gasteiger partial charge is 0.273 e. The lowest BCUT2D eigenvalue weighted by molar-refractivity contribution is 0.0780. The number of nitrogens with two attached hydrogens (primary N) is 1. The number of thiazole rings is 1. The second kappa shape index (κ2) is 6.49. The van der Waals surface area contributed by atoms with Gasteiger partial charge in [-0.2, -0.15) is 0 Å². The maximum atomic E-state index is 12.2. The second-order valence-electron chi connectivity index (χ2n) is 4.49. The van der Waals surface area contributed by atoms with Gasteiger partial charge in [-0.15, -0.1) is 11.3 Å². The lowest BCUT2D eigenvalue weighted by atomic mass is 10.2. The molecule has 6 heteroatoms. The highest BCUT2D eigenvalue weighted by molar-refractivity contribution is 7.09. The normalized spacial score (nSPS) is 10.5. The van der Waals surface area contributed by atoms with Crippen LogP contribution >= 0.6 is 11.3 Å². The minimum atomic E-state index is -0.113. The highest BCUT2D eigenvalue weighted by Crippen LogP contribution is 2.15. The number of benzene rings is 1. The van der Waals surface area contributed by atoms with Crippen LogP contribution in [0.5, 0.6) is 5.75 Å². The Morgan fingerprint density at radius 3 is 2.75 bits per heavy atom. The van der Waals surface area contributed by atoms with E-state index < -0.39 is 0 Å². The van der Waals surface area contributed by atoms with E-state index in [1.54, 1.807) is 41.6 Å². The summed E-state index contributed by atoms with van der Waals surface area (Å²) in [6.07, 6.45) is 0.694. The number of hydrogen-bond donors (Lipinski definition) is 2. The molecule has 0 saturated carbocycles. The molecule has 1 heterocycles. The van der Waals surface area contributed by atoms with Gasteiger partial charge in [-0.05, 0) is 24.2 Å². The molecule has 0 aliphatic rings. The van der Waals surface area contributed by atoms with Crippen LogP contribution in [0.2, 0.25) is 0 Å². The van der Waals surface area contributed by atoms with E-state index in [-0.39, 0.29) is 11.7 Å². The minimum absolute atomic E-state index is 0.113. The third-order valence-corrected chi connectivity index (χ3v) is 3.74. The molecule has 0 fully saturated rings. The van der Waals surface area contributed by atoms with Gasteiger partial charge in [-0.1, -0.05) is 12.1 Å². The van der Waals surface area contributed by atoms with Gasteiger partial charge in [0.15, 0.2) is 0 Å². The molecule has 0 bridgehead atoms. The molecule has 1 aromatic carbocycles. The van der Waals surface area contributed by atoms with Crippen LogP contribution in [0.3, 0.4) is 0 Å². The van der Waals surface area contributed by atoms with Gasteiger partial charge in [-0.3, -0.25) is 4.79 Å². The maximum Gasteiger partial charge on any atom is 0.273 e. The molecule has 0 spiro atoms. The van der Waals surface area contributed by atoms with E-state index in [0.717, 1.165) is 10.6 Å². The molecular formula is C14H17N3O2S. The summed E-state index contributed by atoms with van der Waals surface area (Å²) < 4.78 is 0. The third-order valence-electron chi connectivity index (χ3n) is 2.83. The predicted molar refractivity (Wildman–Crippen MR) is 78.8 cm³/mol. The van der Waals surface area contributed by atoms with Crippen molar-refractivity contribution in [1.29, 1.82) is 0 Å². The van der Waals surface area contributed by atoms with Crippen LogP contribution in [-0.4, -0.2) is 34.5 Å². The fourth-order valence-electron chi connectivity index (χ4n) is 1.79. The molecule has 0 aliphatic carbocycles. The maximum absolute atomic E-state index is 12.2. The first kappa shape index (κ1) is 14.5. The zero-order valence-corrected chi connectivity index (χ0v) is 12.1. The summed E-state index contributed by atoms with van der Waals surface area (Å²) in [5.41, 5.74) is 6.88. The first-order chi connectivity index (χ1) is 9.60. The number of hydrogen-bond acceptors (Lipinski definition) is 5. The standard InChI is InChI=1S/C14H17N3O2S/c1-17(8-10-2-4-11(18)5-3-10)14(19)12-9-20-13(16-12)6-7-15/h2-5,9,18H,6-8,15H2,1H3. The van der Waals surface area contributed by atoms with E-state index in [0.29, 0.717) is 25.2 Å². The summed E-state index contributed by atoms with van der Waals surface area (Å²) in [5.74, 6) is 0.103. The average Bonchev–Trinajstić information content (AvgIpc) is 2.89. The minimum Gasteiger partial charge on any atom is -0.508 e. The summed E-state index contributed by atoms with van der Waals surface area (Å²) in [6.45, 7) is 1.01. The molecule has 1 amide bonds. The van der Waals surface area contributed by atoms with Gasteiger partial charge in [0.25, 0.3) is 5.91 Å². The van der Waals surface area contributed by atoms with Crippen molar-refractivity contribution in [2.45, 2.75) is 13.0 Å². The Hall–Kier alpha value is -1.92. The predicted octanol–water partition coefficient (Wildman–Crippen LogP) is 1.62. The van der Waals surface area contributed by atoms with Crippen LogP contribution in [0, 0.1) is 0 Å². The monoisotopic (exact) mass is 291 g/mol. The summed E-state index contributed by atoms with van der Waals surface area (Å²) >= 11 is 1.46. The van der Waals surface area contributed by atoms with Gasteiger partial charge in [0.2, 0.25) is 0 Å². The molecule has 20 heavy (non-hydrogen) atoms. The Kier molecular flexibility index (Phi) is 4.70. The molecular weight excluding hydrogens is 274 g/mol. The quantitative estimate of drug-likeness (QED) is 0.877. The fraction of sp³-hybridized carbons (Fsp3) is 0.286. The number of aromatic hydroxyl groups is 1. The van der Waals surface area contributed by atoms with E-state index >= 15 is 0 Å². The van der Waals surface area contributed by atoms with Gasteiger partial charge in [0.1, 0.15) is 11.4 Å². The summed E-state index contributed by atoms with van der Waals surface area (Å²) in [5, 5.41) is 11.9. The van der Waals surface area contributed by atoms with Crippen molar-refractivity contribution >= 4 is 17.2 Å². The number of rotatable bonds is 5. The number of nitrogens with zero attached hydrogens (tertiary/aromatic N) is 2. The molecule has 0 atom stereocenters. The number of amides is 1. The summed E-state index contributed by atoms with van der Waals surface area (Å²) in [4.78, 5) is 18.1. The molecule has 1 aromatic heterocycles. The Bertz CT molecular complexity index is 580. The van der Waals surface area contributed by atoms with Gasteiger partial charge in [-0.25, -0.2) is 4.98 Å². The molecule has 2 rings (SSSR count). The van der Waals surface area contributed by atoms with Crippen LogP contribution in [0.15, 0.2) is 29.6 Å². The van der Waals surface area contributed by atoms with E-state index in [9.17, 15) is 9.90 Å². The SMILES string of the molecule is CN(Cc1ccc(O)cc1)C(=O)c1csc(CCN)n1. The lowest BCUT2D eigenvalue weighted by Gasteiger charge is -2.16. The first-order valence-corrected chi connectivity index (χ1v) is 7.16. The van der Waals surface area contributed by atoms with Crippen LogP contribution < -0.4 is 5.73 Å². The van der Waals surface area contributed by atoms with Crippen molar-refractivity contribution in [3.8, 4) is 5.75 Å². The van der Waals surface area contributed by atoms with Gasteiger partial charge < -0.3 is 15.7 Å². The molecule has 0 unspecified atom stereocenters. The van der Waals surface area contributed by atoms with Crippen molar-refractivity contribution < 1.29 is 9.90 Å². The molecule has 0 saturated heterocycles. The number of aromatic nitrogens is 1. The lowest BCUT2D eigenvalue weighted by Crippen LogP contribution is -2.26. The van der Waals surface area contributed by atoms with Crippen molar-refractivity contribution in [2.75, 3.05) is 13.6 Å². The van der Waals surface area contributed by atoms with E-state index in [1.807, 2.05) is 0 Å². The van der Waals surface area contributed by atoms with Gasteiger partial charge in [0.05, 0.1) is 5.01 Å². The van der Waals surface area contributed by atoms with Crippen LogP contribution in [0.25, 0.3) is 0 Å². The Morgan fingerprint density at radius 1 is 1.40 bits per heavy atom. The molecule has 5 nitrogen and oxygen atoms in total. The van der Waals surface area contributed by atoms with Crippen molar-refractivity contribution in [3.63, 3.8) is 0 Å². The van der Waals surface area contributed by atoms with Gasteiger partial charge in [0, 0.05) is 25.4 Å². The number of carbonyl (C=O) groups excluding carboxylic acids is 1. The molecule has 2 aromatic rings. The number of phenols is 1. The summed E-state index contributed by atoms with van der Waals surface area (Å²) in [6, 6.07) is 6.80. The van der Waals surface area contributed by atoms with Crippen LogP contribution in [0.4, 0.5) is 0 Å². The fourth-order valence-corrected chi connectivity index (χ4v) is 2.58. The highest BCUT2D eigenvalue weighted by Gasteiger charge is 2.15. The highest BCUT2D eigenvalue weighted by atomic mass is 32.1. The Balaban J connectivity index is 2.02. The number of phenolic OH excluding ortho intramolecular Hbond substituents is 1. The number of carbonyl (C=O) groups is 1. The zero-order valence-electron chi connectivity index (χ0n) is 11.2. The molecule has 3 N–H and O–H groups in total. The van der Waals surface area contributed by atoms with Gasteiger partial charge >= 0.3 is 0 Å². The van der Waals surface area contributed by atoms with E-state index in [2.05, 4.69) is 4.98 Å². The summed E-state index contributed by atoms with van der Waals surface area (Å²) in [7, 11) is 1.73. The van der Waals surface area contributed by atoms with Crippen molar-refractivity contribution in [3.05, 3.63) is 45.9 Å². The largest absolute Gasteiger partial charge is 0.508 e.